The minimum absolute atomic E-state index is 0.0480. The van der Waals surface area contributed by atoms with Crippen molar-refractivity contribution in [2.45, 2.75) is 40.2 Å². The lowest BCUT2D eigenvalue weighted by atomic mass is 10.1. The highest BCUT2D eigenvalue weighted by molar-refractivity contribution is 5.96. The van der Waals surface area contributed by atoms with E-state index < -0.39 is 17.2 Å². The van der Waals surface area contributed by atoms with Crippen LogP contribution in [0, 0.1) is 0 Å². The summed E-state index contributed by atoms with van der Waals surface area (Å²) in [5.74, 6) is -0.193. The summed E-state index contributed by atoms with van der Waals surface area (Å²) in [6.45, 7) is 5.30. The first-order valence-corrected chi connectivity index (χ1v) is 9.46. The van der Waals surface area contributed by atoms with Gasteiger partial charge in [0.15, 0.2) is 18.1 Å². The van der Waals surface area contributed by atoms with Crippen molar-refractivity contribution in [3.63, 3.8) is 0 Å². The number of benzene rings is 1. The van der Waals surface area contributed by atoms with E-state index in [2.05, 4.69) is 4.98 Å². The molecule has 0 aliphatic heterocycles. The zero-order chi connectivity index (χ0) is 21.6. The number of unbranched alkanes of at least 4 members (excludes halogenated alkanes) is 1. The van der Waals surface area contributed by atoms with Crippen molar-refractivity contribution in [1.29, 1.82) is 0 Å². The van der Waals surface area contributed by atoms with E-state index in [9.17, 15) is 19.2 Å². The molecule has 0 radical (unpaired) electrons. The standard InChI is InChI=1S/C20H26N4O5/c1-4-6-11-24-18(21)17(19(27)22-20(24)28)23(5-2)16(26)12-29-15-9-7-14(8-10-15)13(3)25/h7-10H,4-6,11-12,21H2,1-3H3,(H,22,27,28). The first kappa shape index (κ1) is 21.9. The molecule has 0 unspecified atom stereocenters. The predicted molar refractivity (Wildman–Crippen MR) is 111 cm³/mol. The molecule has 0 fully saturated rings. The quantitative estimate of drug-likeness (QED) is 0.613. The number of nitrogens with zero attached hydrogens (tertiary/aromatic N) is 2. The number of carbonyl (C=O) groups excluding carboxylic acids is 2. The van der Waals surface area contributed by atoms with Gasteiger partial charge in [0.05, 0.1) is 0 Å². The molecular formula is C20H26N4O5. The number of nitrogen functional groups attached to an aromatic ring is 1. The van der Waals surface area contributed by atoms with Crippen LogP contribution in [0.4, 0.5) is 11.5 Å². The summed E-state index contributed by atoms with van der Waals surface area (Å²) < 4.78 is 6.74. The van der Waals surface area contributed by atoms with Crippen LogP contribution in [-0.4, -0.2) is 34.4 Å². The topological polar surface area (TPSA) is 127 Å². The number of hydrogen-bond donors (Lipinski definition) is 2. The molecule has 2 aromatic rings. The Hall–Kier alpha value is -3.36. The van der Waals surface area contributed by atoms with Gasteiger partial charge >= 0.3 is 5.69 Å². The fourth-order valence-corrected chi connectivity index (χ4v) is 2.84. The minimum Gasteiger partial charge on any atom is -0.484 e. The molecule has 1 aromatic carbocycles. The Morgan fingerprint density at radius 2 is 1.83 bits per heavy atom. The number of aromatic amines is 1. The number of likely N-dealkylation sites (N-methyl/N-ethyl adjacent to an activating group) is 1. The summed E-state index contributed by atoms with van der Waals surface area (Å²) in [5.41, 5.74) is 5.21. The Balaban J connectivity index is 2.23. The van der Waals surface area contributed by atoms with Gasteiger partial charge in [0, 0.05) is 18.7 Å². The third-order valence-corrected chi connectivity index (χ3v) is 4.46. The molecule has 1 heterocycles. The van der Waals surface area contributed by atoms with Crippen LogP contribution in [0.3, 0.4) is 0 Å². The summed E-state index contributed by atoms with van der Waals surface area (Å²) in [5, 5.41) is 0. The molecule has 0 aliphatic carbocycles. The van der Waals surface area contributed by atoms with Gasteiger partial charge in [-0.2, -0.15) is 0 Å². The number of amides is 1. The fraction of sp³-hybridized carbons (Fsp3) is 0.400. The molecule has 0 aliphatic rings. The van der Waals surface area contributed by atoms with E-state index in [-0.39, 0.29) is 30.4 Å². The highest BCUT2D eigenvalue weighted by Crippen LogP contribution is 2.18. The van der Waals surface area contributed by atoms with Crippen LogP contribution in [0.1, 0.15) is 44.0 Å². The molecule has 0 saturated carbocycles. The van der Waals surface area contributed by atoms with E-state index in [4.69, 9.17) is 10.5 Å². The number of ketones is 1. The lowest BCUT2D eigenvalue weighted by Crippen LogP contribution is -2.42. The van der Waals surface area contributed by atoms with E-state index in [1.54, 1.807) is 31.2 Å². The molecular weight excluding hydrogens is 376 g/mol. The van der Waals surface area contributed by atoms with Gasteiger partial charge in [0.25, 0.3) is 11.5 Å². The Morgan fingerprint density at radius 1 is 1.17 bits per heavy atom. The Bertz CT molecular complexity index is 991. The Labute approximate surface area is 168 Å². The third-order valence-electron chi connectivity index (χ3n) is 4.46. The molecule has 9 heteroatoms. The van der Waals surface area contributed by atoms with Crippen LogP contribution in [0.5, 0.6) is 5.75 Å². The van der Waals surface area contributed by atoms with Gasteiger partial charge in [-0.25, -0.2) is 4.79 Å². The average Bonchev–Trinajstić information content (AvgIpc) is 2.69. The monoisotopic (exact) mass is 402 g/mol. The van der Waals surface area contributed by atoms with Gasteiger partial charge in [0.2, 0.25) is 0 Å². The fourth-order valence-electron chi connectivity index (χ4n) is 2.84. The molecule has 2 rings (SSSR count). The minimum atomic E-state index is -0.721. The Morgan fingerprint density at radius 3 is 2.38 bits per heavy atom. The number of aromatic nitrogens is 2. The molecule has 9 nitrogen and oxygen atoms in total. The third kappa shape index (κ3) is 5.13. The molecule has 1 amide bonds. The number of ether oxygens (including phenoxy) is 1. The van der Waals surface area contributed by atoms with Gasteiger partial charge in [0.1, 0.15) is 11.6 Å². The van der Waals surface area contributed by atoms with Crippen molar-refractivity contribution >= 4 is 23.2 Å². The van der Waals surface area contributed by atoms with Crippen molar-refractivity contribution in [2.24, 2.45) is 0 Å². The lowest BCUT2D eigenvalue weighted by Gasteiger charge is -2.23. The van der Waals surface area contributed by atoms with E-state index in [1.807, 2.05) is 6.92 Å². The average molecular weight is 402 g/mol. The van der Waals surface area contributed by atoms with Crippen LogP contribution in [0.15, 0.2) is 33.9 Å². The van der Waals surface area contributed by atoms with Gasteiger partial charge in [-0.15, -0.1) is 0 Å². The van der Waals surface area contributed by atoms with Gasteiger partial charge in [-0.05, 0) is 44.5 Å². The van der Waals surface area contributed by atoms with Crippen LogP contribution >= 0.6 is 0 Å². The number of H-pyrrole nitrogens is 1. The molecule has 3 N–H and O–H groups in total. The molecule has 0 saturated heterocycles. The van der Waals surface area contributed by atoms with Crippen molar-refractivity contribution in [3.8, 4) is 5.75 Å². The maximum absolute atomic E-state index is 12.7. The number of Topliss-reactive ketones (excluding diaryl/α,β-unsaturated/α-hetero) is 1. The van der Waals surface area contributed by atoms with E-state index in [0.29, 0.717) is 24.3 Å². The molecule has 0 spiro atoms. The molecule has 156 valence electrons. The van der Waals surface area contributed by atoms with Crippen molar-refractivity contribution in [2.75, 3.05) is 23.8 Å². The van der Waals surface area contributed by atoms with E-state index >= 15 is 0 Å². The number of anilines is 2. The van der Waals surface area contributed by atoms with Crippen LogP contribution in [0.2, 0.25) is 0 Å². The predicted octanol–water partition coefficient (Wildman–Crippen LogP) is 1.55. The molecule has 1 aromatic heterocycles. The lowest BCUT2D eigenvalue weighted by molar-refractivity contribution is -0.120. The number of nitrogens with two attached hydrogens (primary N) is 1. The van der Waals surface area contributed by atoms with Crippen molar-refractivity contribution in [3.05, 3.63) is 50.7 Å². The molecule has 0 atom stereocenters. The number of carbonyl (C=O) groups is 2. The second-order valence-corrected chi connectivity index (χ2v) is 6.51. The summed E-state index contributed by atoms with van der Waals surface area (Å²) in [6, 6.07) is 6.39. The number of hydrogen-bond acceptors (Lipinski definition) is 6. The highest BCUT2D eigenvalue weighted by atomic mass is 16.5. The SMILES string of the molecule is CCCCn1c(N)c(N(CC)C(=O)COc2ccc(C(C)=O)cc2)c(=O)[nH]c1=O. The van der Waals surface area contributed by atoms with E-state index in [0.717, 1.165) is 6.42 Å². The molecule has 0 bridgehead atoms. The van der Waals surface area contributed by atoms with Gasteiger partial charge in [-0.1, -0.05) is 13.3 Å². The molecule has 29 heavy (non-hydrogen) atoms. The van der Waals surface area contributed by atoms with E-state index in [1.165, 1.54) is 16.4 Å². The zero-order valence-electron chi connectivity index (χ0n) is 16.9. The van der Waals surface area contributed by atoms with Gasteiger partial charge < -0.3 is 15.4 Å². The van der Waals surface area contributed by atoms with Crippen molar-refractivity contribution in [1.82, 2.24) is 9.55 Å². The second kappa shape index (κ2) is 9.72. The van der Waals surface area contributed by atoms with Crippen LogP contribution in [0.25, 0.3) is 0 Å². The zero-order valence-corrected chi connectivity index (χ0v) is 16.9. The maximum atomic E-state index is 12.7. The summed E-state index contributed by atoms with van der Waals surface area (Å²) in [6.07, 6.45) is 1.54. The van der Waals surface area contributed by atoms with Crippen LogP contribution in [-0.2, 0) is 11.3 Å². The Kier molecular flexibility index (Phi) is 7.35. The maximum Gasteiger partial charge on any atom is 0.330 e. The first-order chi connectivity index (χ1) is 13.8. The van der Waals surface area contributed by atoms with Gasteiger partial charge in [-0.3, -0.25) is 23.9 Å². The van der Waals surface area contributed by atoms with Crippen molar-refractivity contribution < 1.29 is 14.3 Å². The summed E-state index contributed by atoms with van der Waals surface area (Å²) in [4.78, 5) is 51.8. The number of nitrogens with one attached hydrogen (secondary N) is 1. The smallest absolute Gasteiger partial charge is 0.330 e. The van der Waals surface area contributed by atoms with Crippen LogP contribution < -0.4 is 26.6 Å². The largest absolute Gasteiger partial charge is 0.484 e. The summed E-state index contributed by atoms with van der Waals surface area (Å²) >= 11 is 0. The summed E-state index contributed by atoms with van der Waals surface area (Å²) in [7, 11) is 0. The number of rotatable bonds is 9. The highest BCUT2D eigenvalue weighted by Gasteiger charge is 2.23. The first-order valence-electron chi connectivity index (χ1n) is 9.46. The second-order valence-electron chi connectivity index (χ2n) is 6.51. The normalized spacial score (nSPS) is 10.6.